The van der Waals surface area contributed by atoms with Crippen LogP contribution in [0.4, 0.5) is 4.39 Å². The first kappa shape index (κ1) is 13.5. The van der Waals surface area contributed by atoms with Crippen molar-refractivity contribution in [3.63, 3.8) is 0 Å². The molecule has 0 aromatic heterocycles. The molecule has 1 atom stereocenters. The number of benzene rings is 1. The Kier molecular flexibility index (Phi) is 3.80. The van der Waals surface area contributed by atoms with Crippen LogP contribution in [0.3, 0.4) is 0 Å². The van der Waals surface area contributed by atoms with Gasteiger partial charge in [0.25, 0.3) is 5.91 Å². The molecule has 1 amide bonds. The van der Waals surface area contributed by atoms with Crippen molar-refractivity contribution >= 4 is 11.9 Å². The van der Waals surface area contributed by atoms with Crippen LogP contribution in [0.25, 0.3) is 0 Å². The summed E-state index contributed by atoms with van der Waals surface area (Å²) in [6.45, 7) is 1.90. The first-order valence-electron chi connectivity index (χ1n) is 5.89. The van der Waals surface area contributed by atoms with Gasteiger partial charge in [-0.3, -0.25) is 4.79 Å². The fourth-order valence-corrected chi connectivity index (χ4v) is 1.97. The number of carbonyl (C=O) groups excluding carboxylic acids is 1. The van der Waals surface area contributed by atoms with Crippen molar-refractivity contribution < 1.29 is 23.8 Å². The molecule has 19 heavy (non-hydrogen) atoms. The summed E-state index contributed by atoms with van der Waals surface area (Å²) >= 11 is 0. The summed E-state index contributed by atoms with van der Waals surface area (Å²) in [5.41, 5.74) is 0.347. The minimum Gasteiger partial charge on any atom is -0.479 e. The fourth-order valence-electron chi connectivity index (χ4n) is 1.97. The van der Waals surface area contributed by atoms with E-state index in [4.69, 9.17) is 9.84 Å². The molecule has 1 heterocycles. The zero-order valence-electron chi connectivity index (χ0n) is 10.4. The van der Waals surface area contributed by atoms with Crippen LogP contribution in [0, 0.1) is 12.7 Å². The lowest BCUT2D eigenvalue weighted by Crippen LogP contribution is -2.48. The number of morpholine rings is 1. The first-order valence-corrected chi connectivity index (χ1v) is 5.89. The van der Waals surface area contributed by atoms with Crippen molar-refractivity contribution in [3.05, 3.63) is 35.1 Å². The number of carboxylic acid groups (broad SMARTS) is 1. The lowest BCUT2D eigenvalue weighted by atomic mass is 10.1. The molecule has 0 saturated carbocycles. The summed E-state index contributed by atoms with van der Waals surface area (Å²) in [6, 6.07) is 4.57. The highest BCUT2D eigenvalue weighted by atomic mass is 19.1. The monoisotopic (exact) mass is 267 g/mol. The molecule has 2 rings (SSSR count). The molecule has 1 aromatic rings. The molecule has 5 nitrogen and oxygen atoms in total. The van der Waals surface area contributed by atoms with Crippen LogP contribution >= 0.6 is 0 Å². The number of carbonyl (C=O) groups is 2. The number of aryl methyl sites for hydroxylation is 1. The predicted molar refractivity (Wildman–Crippen MR) is 64.4 cm³/mol. The van der Waals surface area contributed by atoms with Gasteiger partial charge in [0, 0.05) is 6.54 Å². The van der Waals surface area contributed by atoms with Crippen LogP contribution in [0.1, 0.15) is 15.9 Å². The van der Waals surface area contributed by atoms with Crippen molar-refractivity contribution in [2.24, 2.45) is 0 Å². The number of hydrogen-bond donors (Lipinski definition) is 1. The number of ether oxygens (including phenoxy) is 1. The van der Waals surface area contributed by atoms with Gasteiger partial charge >= 0.3 is 5.97 Å². The Hall–Kier alpha value is -1.95. The standard InChI is InChI=1S/C13H14FNO4/c1-8-3-2-4-9(11(8)14)12(16)15-5-6-19-10(7-15)13(17)18/h2-4,10H,5-7H2,1H3,(H,17,18). The van der Waals surface area contributed by atoms with Crippen LogP contribution in [0.5, 0.6) is 0 Å². The number of hydrogen-bond acceptors (Lipinski definition) is 3. The van der Waals surface area contributed by atoms with Gasteiger partial charge in [0.15, 0.2) is 6.10 Å². The Balaban J connectivity index is 2.19. The zero-order valence-corrected chi connectivity index (χ0v) is 10.4. The van der Waals surface area contributed by atoms with Crippen LogP contribution in [0.15, 0.2) is 18.2 Å². The van der Waals surface area contributed by atoms with Crippen LogP contribution in [-0.4, -0.2) is 47.7 Å². The van der Waals surface area contributed by atoms with Gasteiger partial charge in [0.2, 0.25) is 0 Å². The van der Waals surface area contributed by atoms with Gasteiger partial charge in [-0.2, -0.15) is 0 Å². The molecular formula is C13H14FNO4. The van der Waals surface area contributed by atoms with Crippen LogP contribution < -0.4 is 0 Å². The number of aliphatic carboxylic acids is 1. The van der Waals surface area contributed by atoms with E-state index in [0.717, 1.165) is 0 Å². The molecule has 1 aromatic carbocycles. The van der Waals surface area contributed by atoms with Gasteiger partial charge in [-0.05, 0) is 18.6 Å². The minimum atomic E-state index is -1.12. The summed E-state index contributed by atoms with van der Waals surface area (Å²) < 4.78 is 18.9. The summed E-state index contributed by atoms with van der Waals surface area (Å²) in [5.74, 6) is -2.19. The third-order valence-electron chi connectivity index (χ3n) is 3.05. The summed E-state index contributed by atoms with van der Waals surface area (Å²) in [4.78, 5) is 24.3. The molecule has 0 bridgehead atoms. The van der Waals surface area contributed by atoms with Gasteiger partial charge in [-0.15, -0.1) is 0 Å². The highest BCUT2D eigenvalue weighted by molar-refractivity contribution is 5.95. The minimum absolute atomic E-state index is 0.0361. The molecule has 0 spiro atoms. The van der Waals surface area contributed by atoms with E-state index < -0.39 is 23.8 Å². The number of nitrogens with zero attached hydrogens (tertiary/aromatic N) is 1. The normalized spacial score (nSPS) is 19.3. The molecule has 102 valence electrons. The van der Waals surface area contributed by atoms with E-state index in [2.05, 4.69) is 0 Å². The number of halogens is 1. The van der Waals surface area contributed by atoms with E-state index in [1.807, 2.05) is 0 Å². The third kappa shape index (κ3) is 2.73. The number of amides is 1. The van der Waals surface area contributed by atoms with Crippen LogP contribution in [-0.2, 0) is 9.53 Å². The third-order valence-corrected chi connectivity index (χ3v) is 3.05. The smallest absolute Gasteiger partial charge is 0.334 e. The highest BCUT2D eigenvalue weighted by Gasteiger charge is 2.30. The van der Waals surface area contributed by atoms with Crippen molar-refractivity contribution in [2.45, 2.75) is 13.0 Å². The van der Waals surface area contributed by atoms with Crippen molar-refractivity contribution in [3.8, 4) is 0 Å². The van der Waals surface area contributed by atoms with E-state index in [-0.39, 0.29) is 25.3 Å². The van der Waals surface area contributed by atoms with Gasteiger partial charge < -0.3 is 14.7 Å². The van der Waals surface area contributed by atoms with Gasteiger partial charge in [0.1, 0.15) is 5.82 Å². The lowest BCUT2D eigenvalue weighted by Gasteiger charge is -2.31. The zero-order chi connectivity index (χ0) is 14.0. The molecule has 1 aliphatic rings. The molecule has 1 saturated heterocycles. The SMILES string of the molecule is Cc1cccc(C(=O)N2CCOC(C(=O)O)C2)c1F. The average Bonchev–Trinajstić information content (AvgIpc) is 2.41. The summed E-state index contributed by atoms with van der Waals surface area (Å²) in [5, 5.41) is 8.87. The molecule has 1 fully saturated rings. The first-order chi connectivity index (χ1) is 9.00. The second kappa shape index (κ2) is 5.36. The van der Waals surface area contributed by atoms with Crippen molar-refractivity contribution in [1.82, 2.24) is 4.90 Å². The molecule has 0 aliphatic carbocycles. The van der Waals surface area contributed by atoms with Crippen molar-refractivity contribution in [2.75, 3.05) is 19.7 Å². The molecule has 6 heteroatoms. The van der Waals surface area contributed by atoms with E-state index in [9.17, 15) is 14.0 Å². The highest BCUT2D eigenvalue weighted by Crippen LogP contribution is 2.16. The van der Waals surface area contributed by atoms with E-state index in [1.165, 1.54) is 11.0 Å². The fraction of sp³-hybridized carbons (Fsp3) is 0.385. The van der Waals surface area contributed by atoms with E-state index in [1.54, 1.807) is 19.1 Å². The topological polar surface area (TPSA) is 66.8 Å². The summed E-state index contributed by atoms with van der Waals surface area (Å²) in [7, 11) is 0. The lowest BCUT2D eigenvalue weighted by molar-refractivity contribution is -0.154. The maximum absolute atomic E-state index is 13.9. The molecule has 1 unspecified atom stereocenters. The predicted octanol–water partition coefficient (Wildman–Crippen LogP) is 1.06. The molecular weight excluding hydrogens is 253 g/mol. The Morgan fingerprint density at radius 3 is 2.89 bits per heavy atom. The quantitative estimate of drug-likeness (QED) is 0.870. The van der Waals surface area contributed by atoms with E-state index in [0.29, 0.717) is 5.56 Å². The second-order valence-electron chi connectivity index (χ2n) is 4.39. The summed E-state index contributed by atoms with van der Waals surface area (Å²) in [6.07, 6.45) is -1.05. The molecule has 1 N–H and O–H groups in total. The van der Waals surface area contributed by atoms with E-state index >= 15 is 0 Å². The van der Waals surface area contributed by atoms with Gasteiger partial charge in [-0.1, -0.05) is 12.1 Å². The Morgan fingerprint density at radius 2 is 2.21 bits per heavy atom. The average molecular weight is 267 g/mol. The second-order valence-corrected chi connectivity index (χ2v) is 4.39. The van der Waals surface area contributed by atoms with Crippen molar-refractivity contribution in [1.29, 1.82) is 0 Å². The number of rotatable bonds is 2. The van der Waals surface area contributed by atoms with Gasteiger partial charge in [-0.25, -0.2) is 9.18 Å². The largest absolute Gasteiger partial charge is 0.479 e. The Labute approximate surface area is 109 Å². The molecule has 0 radical (unpaired) electrons. The Bertz CT molecular complexity index is 517. The molecule has 1 aliphatic heterocycles. The number of carboxylic acids is 1. The van der Waals surface area contributed by atoms with Gasteiger partial charge in [0.05, 0.1) is 18.7 Å². The Morgan fingerprint density at radius 1 is 1.47 bits per heavy atom. The maximum atomic E-state index is 13.9. The maximum Gasteiger partial charge on any atom is 0.334 e. The van der Waals surface area contributed by atoms with Crippen LogP contribution in [0.2, 0.25) is 0 Å².